The van der Waals surface area contributed by atoms with E-state index in [0.29, 0.717) is 12.1 Å². The van der Waals surface area contributed by atoms with Crippen LogP contribution in [0.15, 0.2) is 24.3 Å². The van der Waals surface area contributed by atoms with Crippen LogP contribution in [0.5, 0.6) is 0 Å². The number of nitrogens with zero attached hydrogens (tertiary/aromatic N) is 3. The highest BCUT2D eigenvalue weighted by atomic mass is 19.4. The lowest BCUT2D eigenvalue weighted by Gasteiger charge is -2.42. The van der Waals surface area contributed by atoms with Gasteiger partial charge in [-0.3, -0.25) is 4.90 Å². The number of rotatable bonds is 3. The fraction of sp³-hybridized carbons (Fsp3) is 0.562. The van der Waals surface area contributed by atoms with E-state index < -0.39 is 17.8 Å². The van der Waals surface area contributed by atoms with E-state index in [-0.39, 0.29) is 6.04 Å². The van der Waals surface area contributed by atoms with Crippen molar-refractivity contribution in [3.8, 4) is 6.07 Å². The summed E-state index contributed by atoms with van der Waals surface area (Å²) in [5.41, 5.74) is -0.284. The highest BCUT2D eigenvalue weighted by Crippen LogP contribution is 2.33. The lowest BCUT2D eigenvalue weighted by molar-refractivity contribution is -0.137. The summed E-state index contributed by atoms with van der Waals surface area (Å²) in [4.78, 5) is 4.21. The third-order valence-corrected chi connectivity index (χ3v) is 4.19. The molecule has 6 heteroatoms. The van der Waals surface area contributed by atoms with Crippen molar-refractivity contribution < 1.29 is 13.2 Å². The Balaban J connectivity index is 2.30. The molecule has 2 unspecified atom stereocenters. The molecule has 1 aromatic carbocycles. The lowest BCUT2D eigenvalue weighted by Crippen LogP contribution is -2.52. The van der Waals surface area contributed by atoms with Crippen molar-refractivity contribution in [1.29, 1.82) is 5.26 Å². The van der Waals surface area contributed by atoms with Gasteiger partial charge >= 0.3 is 6.18 Å². The topological polar surface area (TPSA) is 30.3 Å². The van der Waals surface area contributed by atoms with Crippen LogP contribution in [0.3, 0.4) is 0 Å². The Hall–Kier alpha value is -1.58. The molecular weight excluding hydrogens is 291 g/mol. The normalized spacial score (nSPS) is 22.3. The molecule has 0 amide bonds. The quantitative estimate of drug-likeness (QED) is 0.858. The van der Waals surface area contributed by atoms with Crippen molar-refractivity contribution in [2.75, 3.05) is 26.7 Å². The van der Waals surface area contributed by atoms with Gasteiger partial charge in [0.2, 0.25) is 0 Å². The highest BCUT2D eigenvalue weighted by Gasteiger charge is 2.34. The van der Waals surface area contributed by atoms with Crippen LogP contribution < -0.4 is 0 Å². The standard InChI is InChI=1S/C16H20F3N3/c1-3-14-11-21(2)7-8-22(14)15(10-20)12-5-4-6-13(9-12)16(17,18)19/h4-6,9,14-15H,3,7-8,11H2,1-2H3. The molecule has 1 saturated heterocycles. The van der Waals surface area contributed by atoms with Crippen molar-refractivity contribution in [2.45, 2.75) is 31.6 Å². The third kappa shape index (κ3) is 3.60. The average Bonchev–Trinajstić information content (AvgIpc) is 2.49. The fourth-order valence-electron chi connectivity index (χ4n) is 2.95. The molecule has 0 N–H and O–H groups in total. The summed E-state index contributed by atoms with van der Waals surface area (Å²) in [5, 5.41) is 9.52. The molecule has 2 atom stereocenters. The largest absolute Gasteiger partial charge is 0.416 e. The number of nitriles is 1. The molecule has 2 rings (SSSR count). The van der Waals surface area contributed by atoms with Crippen LogP contribution in [0, 0.1) is 11.3 Å². The molecule has 1 heterocycles. The molecule has 1 aromatic rings. The van der Waals surface area contributed by atoms with Gasteiger partial charge in [0.25, 0.3) is 0 Å². The van der Waals surface area contributed by atoms with Crippen LogP contribution in [0.25, 0.3) is 0 Å². The Morgan fingerprint density at radius 2 is 2.09 bits per heavy atom. The van der Waals surface area contributed by atoms with E-state index >= 15 is 0 Å². The predicted molar refractivity (Wildman–Crippen MR) is 78.1 cm³/mol. The van der Waals surface area contributed by atoms with Gasteiger partial charge in [-0.15, -0.1) is 0 Å². The number of alkyl halides is 3. The monoisotopic (exact) mass is 311 g/mol. The Morgan fingerprint density at radius 3 is 2.68 bits per heavy atom. The van der Waals surface area contributed by atoms with Crippen LogP contribution in [0.4, 0.5) is 13.2 Å². The minimum Gasteiger partial charge on any atom is -0.304 e. The summed E-state index contributed by atoms with van der Waals surface area (Å²) < 4.78 is 38.6. The van der Waals surface area contributed by atoms with Crippen molar-refractivity contribution in [3.63, 3.8) is 0 Å². The van der Waals surface area contributed by atoms with E-state index in [2.05, 4.69) is 11.0 Å². The zero-order valence-electron chi connectivity index (χ0n) is 12.8. The van der Waals surface area contributed by atoms with E-state index in [1.165, 1.54) is 6.07 Å². The predicted octanol–water partition coefficient (Wildman–Crippen LogP) is 3.30. The van der Waals surface area contributed by atoms with Gasteiger partial charge in [-0.25, -0.2) is 0 Å². The number of halogens is 3. The summed E-state index contributed by atoms with van der Waals surface area (Å²) in [6.07, 6.45) is -3.52. The molecule has 3 nitrogen and oxygen atoms in total. The minimum absolute atomic E-state index is 0.179. The molecule has 0 aliphatic carbocycles. The molecule has 0 bridgehead atoms. The number of piperazine rings is 1. The summed E-state index contributed by atoms with van der Waals surface area (Å²) >= 11 is 0. The van der Waals surface area contributed by atoms with Gasteiger partial charge in [-0.05, 0) is 31.2 Å². The molecule has 0 aromatic heterocycles. The van der Waals surface area contributed by atoms with Gasteiger partial charge in [0.1, 0.15) is 6.04 Å². The van der Waals surface area contributed by atoms with Crippen LogP contribution in [0.2, 0.25) is 0 Å². The summed E-state index contributed by atoms with van der Waals surface area (Å²) in [5.74, 6) is 0. The molecule has 0 spiro atoms. The maximum absolute atomic E-state index is 12.9. The van der Waals surface area contributed by atoms with Crippen LogP contribution >= 0.6 is 0 Å². The van der Waals surface area contributed by atoms with E-state index in [1.54, 1.807) is 6.07 Å². The second-order valence-electron chi connectivity index (χ2n) is 5.72. The summed E-state index contributed by atoms with van der Waals surface area (Å²) in [6, 6.07) is 6.84. The van der Waals surface area contributed by atoms with Crippen molar-refractivity contribution in [1.82, 2.24) is 9.80 Å². The maximum Gasteiger partial charge on any atom is 0.416 e. The molecule has 0 radical (unpaired) electrons. The molecular formula is C16H20F3N3. The van der Waals surface area contributed by atoms with Crippen LogP contribution in [0.1, 0.15) is 30.5 Å². The Labute approximate surface area is 128 Å². The Morgan fingerprint density at radius 1 is 1.36 bits per heavy atom. The molecule has 1 aliphatic heterocycles. The zero-order chi connectivity index (χ0) is 16.3. The molecule has 1 aliphatic rings. The second-order valence-corrected chi connectivity index (χ2v) is 5.72. The molecule has 120 valence electrons. The first kappa shape index (κ1) is 16.8. The molecule has 22 heavy (non-hydrogen) atoms. The smallest absolute Gasteiger partial charge is 0.304 e. The van der Waals surface area contributed by atoms with Gasteiger partial charge in [0, 0.05) is 25.7 Å². The van der Waals surface area contributed by atoms with Crippen LogP contribution in [-0.4, -0.2) is 42.5 Å². The highest BCUT2D eigenvalue weighted by molar-refractivity contribution is 5.31. The zero-order valence-corrected chi connectivity index (χ0v) is 12.8. The van der Waals surface area contributed by atoms with Gasteiger partial charge in [0.15, 0.2) is 0 Å². The van der Waals surface area contributed by atoms with Crippen molar-refractivity contribution in [3.05, 3.63) is 35.4 Å². The van der Waals surface area contributed by atoms with Crippen molar-refractivity contribution >= 4 is 0 Å². The molecule has 1 fully saturated rings. The van der Waals surface area contributed by atoms with Crippen molar-refractivity contribution in [2.24, 2.45) is 0 Å². The van der Waals surface area contributed by atoms with E-state index in [4.69, 9.17) is 0 Å². The minimum atomic E-state index is -4.39. The van der Waals surface area contributed by atoms with E-state index in [0.717, 1.165) is 31.6 Å². The first-order valence-electron chi connectivity index (χ1n) is 7.38. The number of hydrogen-bond acceptors (Lipinski definition) is 3. The summed E-state index contributed by atoms with van der Waals surface area (Å²) in [7, 11) is 2.02. The van der Waals surface area contributed by atoms with E-state index in [1.807, 2.05) is 18.9 Å². The van der Waals surface area contributed by atoms with Crippen LogP contribution in [-0.2, 0) is 6.18 Å². The average molecular weight is 311 g/mol. The van der Waals surface area contributed by atoms with E-state index in [9.17, 15) is 18.4 Å². The summed E-state index contributed by atoms with van der Waals surface area (Å²) in [6.45, 7) is 4.36. The first-order valence-corrected chi connectivity index (χ1v) is 7.38. The Bertz CT molecular complexity index is 550. The number of likely N-dealkylation sites (N-methyl/N-ethyl adjacent to an activating group) is 1. The second kappa shape index (κ2) is 6.67. The van der Waals surface area contributed by atoms with Gasteiger partial charge in [0.05, 0.1) is 11.6 Å². The fourth-order valence-corrected chi connectivity index (χ4v) is 2.95. The van der Waals surface area contributed by atoms with Gasteiger partial charge in [-0.2, -0.15) is 18.4 Å². The maximum atomic E-state index is 12.9. The van der Waals surface area contributed by atoms with Gasteiger partial charge in [-0.1, -0.05) is 19.1 Å². The molecule has 0 saturated carbocycles. The third-order valence-electron chi connectivity index (χ3n) is 4.19. The SMILES string of the molecule is CCC1CN(C)CCN1C(C#N)c1cccc(C(F)(F)F)c1. The first-order chi connectivity index (χ1) is 10.4. The number of benzene rings is 1. The number of hydrogen-bond donors (Lipinski definition) is 0. The lowest BCUT2D eigenvalue weighted by atomic mass is 9.99. The Kier molecular flexibility index (Phi) is 5.09. The van der Waals surface area contributed by atoms with Gasteiger partial charge < -0.3 is 4.90 Å².